The number of alkyl halides is 3. The predicted octanol–water partition coefficient (Wildman–Crippen LogP) is 5.58. The molecule has 0 spiro atoms. The molecule has 0 fully saturated rings. The molecule has 0 radical (unpaired) electrons. The normalized spacial score (nSPS) is 11.9. The van der Waals surface area contributed by atoms with E-state index < -0.39 is 12.0 Å². The van der Waals surface area contributed by atoms with Gasteiger partial charge >= 0.3 is 6.18 Å². The van der Waals surface area contributed by atoms with Gasteiger partial charge in [-0.2, -0.15) is 13.2 Å². The van der Waals surface area contributed by atoms with Gasteiger partial charge in [-0.15, -0.1) is 0 Å². The Morgan fingerprint density at radius 2 is 1.68 bits per heavy atom. The van der Waals surface area contributed by atoms with Crippen LogP contribution < -0.4 is 9.47 Å². The first kappa shape index (κ1) is 21.2. The second kappa shape index (κ2) is 8.26. The van der Waals surface area contributed by atoms with E-state index in [1.165, 1.54) is 20.3 Å². The Hall–Kier alpha value is -3.01. The average molecular weight is 448 g/mol. The van der Waals surface area contributed by atoms with Crippen molar-refractivity contribution in [3.8, 4) is 11.5 Å². The van der Waals surface area contributed by atoms with E-state index in [-0.39, 0.29) is 16.3 Å². The molecule has 0 unspecified atom stereocenters. The minimum atomic E-state index is -4.69. The molecule has 0 atom stereocenters. The van der Waals surface area contributed by atoms with Crippen LogP contribution in [0.1, 0.15) is 19.2 Å². The molecular formula is C21H19F3N4O2S. The van der Waals surface area contributed by atoms with Crippen LogP contribution in [0.2, 0.25) is 0 Å². The van der Waals surface area contributed by atoms with Crippen molar-refractivity contribution in [2.45, 2.75) is 36.2 Å². The number of hydrogen-bond acceptors (Lipinski definition) is 6. The van der Waals surface area contributed by atoms with Gasteiger partial charge in [0.15, 0.2) is 16.7 Å². The van der Waals surface area contributed by atoms with Gasteiger partial charge in [-0.3, -0.25) is 0 Å². The van der Waals surface area contributed by atoms with Gasteiger partial charge in [0.05, 0.1) is 30.8 Å². The van der Waals surface area contributed by atoms with Crippen LogP contribution in [0, 0.1) is 0 Å². The van der Waals surface area contributed by atoms with Gasteiger partial charge in [-0.05, 0) is 36.4 Å². The highest BCUT2D eigenvalue weighted by atomic mass is 32.2. The van der Waals surface area contributed by atoms with E-state index in [9.17, 15) is 13.2 Å². The van der Waals surface area contributed by atoms with Crippen LogP contribution >= 0.6 is 11.8 Å². The smallest absolute Gasteiger partial charge is 0.451 e. The lowest BCUT2D eigenvalue weighted by molar-refractivity contribution is -0.145. The van der Waals surface area contributed by atoms with E-state index >= 15 is 0 Å². The third-order valence-corrected chi connectivity index (χ3v) is 5.67. The maximum atomic E-state index is 13.5. The maximum Gasteiger partial charge on any atom is 0.451 e. The Morgan fingerprint density at radius 1 is 0.968 bits per heavy atom. The lowest BCUT2D eigenvalue weighted by atomic mass is 10.2. The number of halogens is 3. The van der Waals surface area contributed by atoms with Crippen molar-refractivity contribution in [3.05, 3.63) is 42.2 Å². The monoisotopic (exact) mass is 448 g/mol. The van der Waals surface area contributed by atoms with Gasteiger partial charge in [-0.25, -0.2) is 15.0 Å². The second-order valence-electron chi connectivity index (χ2n) is 6.71. The zero-order chi connectivity index (χ0) is 22.2. The zero-order valence-electron chi connectivity index (χ0n) is 17.0. The molecule has 0 aliphatic rings. The summed E-state index contributed by atoms with van der Waals surface area (Å²) in [5.41, 5.74) is 1.80. The van der Waals surface area contributed by atoms with Crippen molar-refractivity contribution in [3.63, 3.8) is 0 Å². The Morgan fingerprint density at radius 3 is 2.35 bits per heavy atom. The Bertz CT molecular complexity index is 1260. The number of ether oxygens (including phenoxy) is 2. The summed E-state index contributed by atoms with van der Waals surface area (Å²) in [4.78, 5) is 12.2. The van der Waals surface area contributed by atoms with Crippen LogP contribution in [-0.2, 0) is 12.7 Å². The number of methoxy groups -OCH3 is 2. The SMILES string of the molecule is CCCn1c(Sc2nc(C(F)(F)F)nc3cc(OC)c(OC)cc23)nc2ccccc21. The van der Waals surface area contributed by atoms with E-state index in [2.05, 4.69) is 15.0 Å². The predicted molar refractivity (Wildman–Crippen MR) is 112 cm³/mol. The van der Waals surface area contributed by atoms with Crippen molar-refractivity contribution >= 4 is 33.7 Å². The first-order valence-corrected chi connectivity index (χ1v) is 10.3. The molecule has 0 aliphatic heterocycles. The summed E-state index contributed by atoms with van der Waals surface area (Å²) in [7, 11) is 2.88. The third-order valence-electron chi connectivity index (χ3n) is 4.67. The van der Waals surface area contributed by atoms with Gasteiger partial charge in [0, 0.05) is 18.0 Å². The fraction of sp³-hybridized carbons (Fsp3) is 0.286. The summed E-state index contributed by atoms with van der Waals surface area (Å²) in [6.45, 7) is 2.71. The van der Waals surface area contributed by atoms with Crippen LogP contribution in [0.15, 0.2) is 46.6 Å². The zero-order valence-corrected chi connectivity index (χ0v) is 17.8. The quantitative estimate of drug-likeness (QED) is 0.359. The van der Waals surface area contributed by atoms with E-state index in [1.807, 2.05) is 35.8 Å². The minimum Gasteiger partial charge on any atom is -0.493 e. The molecule has 0 N–H and O–H groups in total. The number of para-hydroxylation sites is 2. The molecule has 162 valence electrons. The van der Waals surface area contributed by atoms with Crippen LogP contribution in [0.4, 0.5) is 13.2 Å². The van der Waals surface area contributed by atoms with E-state index in [0.29, 0.717) is 22.8 Å². The number of benzene rings is 2. The largest absolute Gasteiger partial charge is 0.493 e. The fourth-order valence-corrected chi connectivity index (χ4v) is 4.31. The van der Waals surface area contributed by atoms with Crippen molar-refractivity contribution in [1.82, 2.24) is 19.5 Å². The molecule has 4 rings (SSSR count). The van der Waals surface area contributed by atoms with Gasteiger partial charge in [0.2, 0.25) is 5.82 Å². The molecule has 0 saturated carbocycles. The van der Waals surface area contributed by atoms with Crippen molar-refractivity contribution < 1.29 is 22.6 Å². The number of fused-ring (bicyclic) bond motifs is 2. The van der Waals surface area contributed by atoms with Crippen molar-refractivity contribution in [2.75, 3.05) is 14.2 Å². The Kier molecular flexibility index (Phi) is 5.65. The van der Waals surface area contributed by atoms with Crippen LogP contribution in [0.25, 0.3) is 21.9 Å². The maximum absolute atomic E-state index is 13.5. The fourth-order valence-electron chi connectivity index (χ4n) is 3.29. The van der Waals surface area contributed by atoms with Gasteiger partial charge in [0.25, 0.3) is 0 Å². The molecule has 6 nitrogen and oxygen atoms in total. The van der Waals surface area contributed by atoms with Crippen LogP contribution in [0.3, 0.4) is 0 Å². The third kappa shape index (κ3) is 3.99. The van der Waals surface area contributed by atoms with Gasteiger partial charge in [-0.1, -0.05) is 19.1 Å². The summed E-state index contributed by atoms with van der Waals surface area (Å²) in [5.74, 6) is -0.550. The number of imidazole rings is 1. The molecule has 2 heterocycles. The second-order valence-corrected chi connectivity index (χ2v) is 7.67. The Labute approximate surface area is 180 Å². The average Bonchev–Trinajstić information content (AvgIpc) is 3.09. The molecular weight excluding hydrogens is 429 g/mol. The highest BCUT2D eigenvalue weighted by Gasteiger charge is 2.36. The van der Waals surface area contributed by atoms with E-state index in [4.69, 9.17) is 9.47 Å². The van der Waals surface area contributed by atoms with E-state index in [0.717, 1.165) is 29.2 Å². The number of hydrogen-bond donors (Lipinski definition) is 0. The Balaban J connectivity index is 1.94. The first-order valence-electron chi connectivity index (χ1n) is 9.49. The highest BCUT2D eigenvalue weighted by molar-refractivity contribution is 7.99. The number of aryl methyl sites for hydroxylation is 1. The highest BCUT2D eigenvalue weighted by Crippen LogP contribution is 2.40. The van der Waals surface area contributed by atoms with Crippen LogP contribution in [-0.4, -0.2) is 33.7 Å². The van der Waals surface area contributed by atoms with Gasteiger partial charge < -0.3 is 14.0 Å². The summed E-state index contributed by atoms with van der Waals surface area (Å²) in [5, 5.41) is 1.13. The number of aromatic nitrogens is 4. The summed E-state index contributed by atoms with van der Waals surface area (Å²) < 4.78 is 53.1. The van der Waals surface area contributed by atoms with E-state index in [1.54, 1.807) is 6.07 Å². The molecule has 2 aromatic carbocycles. The van der Waals surface area contributed by atoms with Gasteiger partial charge in [0.1, 0.15) is 5.03 Å². The number of nitrogens with zero attached hydrogens (tertiary/aromatic N) is 4. The van der Waals surface area contributed by atoms with Crippen molar-refractivity contribution in [1.29, 1.82) is 0 Å². The molecule has 31 heavy (non-hydrogen) atoms. The lowest BCUT2D eigenvalue weighted by Crippen LogP contribution is -2.12. The van der Waals surface area contributed by atoms with Crippen molar-refractivity contribution in [2.24, 2.45) is 0 Å². The standard InChI is InChI=1S/C21H19F3N4O2S/c1-4-9-28-15-8-6-5-7-13(15)26-20(28)31-18-12-10-16(29-2)17(30-3)11-14(12)25-19(27-18)21(22,23)24/h5-8,10-11H,4,9H2,1-3H3. The molecule has 0 amide bonds. The molecule has 4 aromatic rings. The summed E-state index contributed by atoms with van der Waals surface area (Å²) >= 11 is 1.08. The molecule has 2 aromatic heterocycles. The number of rotatable bonds is 6. The molecule has 10 heteroatoms. The first-order chi connectivity index (χ1) is 14.9. The topological polar surface area (TPSA) is 62.1 Å². The molecule has 0 bridgehead atoms. The summed E-state index contributed by atoms with van der Waals surface area (Å²) in [6, 6.07) is 10.6. The molecule has 0 saturated heterocycles. The summed E-state index contributed by atoms with van der Waals surface area (Å²) in [6.07, 6.45) is -3.85. The molecule has 0 aliphatic carbocycles. The van der Waals surface area contributed by atoms with Crippen LogP contribution in [0.5, 0.6) is 11.5 Å². The lowest BCUT2D eigenvalue weighted by Gasteiger charge is -2.14. The minimum absolute atomic E-state index is 0.112.